The molecule has 110 valence electrons. The molecule has 1 N–H and O–H groups in total. The average Bonchev–Trinajstić information content (AvgIpc) is 3.08. The first-order valence-corrected chi connectivity index (χ1v) is 7.37. The monoisotopic (exact) mass is 285 g/mol. The number of nitrogens with zero attached hydrogens (tertiary/aromatic N) is 1. The Morgan fingerprint density at radius 1 is 1.29 bits per heavy atom. The van der Waals surface area contributed by atoms with E-state index in [1.807, 2.05) is 36.4 Å². The lowest BCUT2D eigenvalue weighted by Crippen LogP contribution is -2.49. The summed E-state index contributed by atoms with van der Waals surface area (Å²) in [6.45, 7) is -0.135. The van der Waals surface area contributed by atoms with E-state index < -0.39 is 5.54 Å². The topological polar surface area (TPSA) is 57.6 Å². The van der Waals surface area contributed by atoms with E-state index in [2.05, 4.69) is 0 Å². The minimum atomic E-state index is -0.512. The third kappa shape index (κ3) is 2.10. The fourth-order valence-electron chi connectivity index (χ4n) is 3.76. The lowest BCUT2D eigenvalue weighted by molar-refractivity contribution is -0.134. The molecule has 2 atom stereocenters. The minimum absolute atomic E-state index is 0.0209. The van der Waals surface area contributed by atoms with Crippen LogP contribution in [-0.2, 0) is 9.59 Å². The number of hydrogen-bond donors (Lipinski definition) is 1. The number of carbonyl (C=O) groups is 2. The number of aliphatic hydroxyl groups excluding tert-OH is 1. The molecular formula is C17H19NO3. The Morgan fingerprint density at radius 2 is 2.05 bits per heavy atom. The summed E-state index contributed by atoms with van der Waals surface area (Å²) in [5.74, 6) is 0.0209. The molecule has 0 aromatic heterocycles. The van der Waals surface area contributed by atoms with Gasteiger partial charge in [0.05, 0.1) is 18.2 Å². The molecule has 1 heterocycles. The lowest BCUT2D eigenvalue weighted by Gasteiger charge is -2.41. The van der Waals surface area contributed by atoms with Gasteiger partial charge in [-0.1, -0.05) is 36.4 Å². The van der Waals surface area contributed by atoms with Crippen LogP contribution >= 0.6 is 0 Å². The third-order valence-corrected chi connectivity index (χ3v) is 4.74. The van der Waals surface area contributed by atoms with Crippen molar-refractivity contribution in [3.63, 3.8) is 0 Å². The summed E-state index contributed by atoms with van der Waals surface area (Å²) < 4.78 is 0. The first kappa shape index (κ1) is 14.0. The standard InChI is InChI=1S/C17H19NO3/c19-11-14-7-4-9-17(14)10-8-16(21)18(17)15(12-20)13-5-2-1-3-6-13/h1-3,5-7,11,15,20H,4,8-10,12H2/t15-,17-/m0/s1. The number of aliphatic hydroxyl groups is 1. The summed E-state index contributed by atoms with van der Waals surface area (Å²) in [6.07, 6.45) is 5.49. The van der Waals surface area contributed by atoms with Gasteiger partial charge < -0.3 is 10.0 Å². The number of rotatable bonds is 4. The van der Waals surface area contributed by atoms with Crippen LogP contribution in [0.5, 0.6) is 0 Å². The first-order valence-electron chi connectivity index (χ1n) is 7.37. The number of allylic oxidation sites excluding steroid dienone is 1. The fraction of sp³-hybridized carbons (Fsp3) is 0.412. The van der Waals surface area contributed by atoms with Crippen molar-refractivity contribution in [2.75, 3.05) is 6.61 Å². The van der Waals surface area contributed by atoms with Crippen molar-refractivity contribution >= 4 is 12.2 Å². The number of amides is 1. The Bertz CT molecular complexity index is 581. The molecule has 2 aliphatic rings. The van der Waals surface area contributed by atoms with Crippen molar-refractivity contribution in [2.45, 2.75) is 37.3 Å². The quantitative estimate of drug-likeness (QED) is 0.861. The van der Waals surface area contributed by atoms with Crippen molar-refractivity contribution in [2.24, 2.45) is 0 Å². The Morgan fingerprint density at radius 3 is 2.71 bits per heavy atom. The van der Waals surface area contributed by atoms with Crippen molar-refractivity contribution < 1.29 is 14.7 Å². The van der Waals surface area contributed by atoms with Gasteiger partial charge in [0.2, 0.25) is 5.91 Å². The maximum Gasteiger partial charge on any atom is 0.223 e. The maximum atomic E-state index is 12.4. The predicted octanol–water partition coefficient (Wildman–Crippen LogP) is 2.00. The van der Waals surface area contributed by atoms with Crippen LogP contribution in [0.3, 0.4) is 0 Å². The number of likely N-dealkylation sites (tertiary alicyclic amines) is 1. The molecule has 1 saturated heterocycles. The van der Waals surface area contributed by atoms with Crippen molar-refractivity contribution in [1.29, 1.82) is 0 Å². The van der Waals surface area contributed by atoms with E-state index in [0.29, 0.717) is 18.4 Å². The van der Waals surface area contributed by atoms with Crippen molar-refractivity contribution in [1.82, 2.24) is 4.90 Å². The lowest BCUT2D eigenvalue weighted by atomic mass is 9.87. The van der Waals surface area contributed by atoms with E-state index >= 15 is 0 Å². The van der Waals surface area contributed by atoms with Gasteiger partial charge in [0.15, 0.2) is 0 Å². The molecule has 4 heteroatoms. The summed E-state index contributed by atoms with van der Waals surface area (Å²) in [4.78, 5) is 25.6. The zero-order valence-electron chi connectivity index (χ0n) is 11.9. The zero-order valence-corrected chi connectivity index (χ0v) is 11.9. The van der Waals surface area contributed by atoms with E-state index in [9.17, 15) is 14.7 Å². The van der Waals surface area contributed by atoms with Crippen LogP contribution < -0.4 is 0 Å². The molecule has 0 saturated carbocycles. The van der Waals surface area contributed by atoms with E-state index in [4.69, 9.17) is 0 Å². The summed E-state index contributed by atoms with van der Waals surface area (Å²) in [7, 11) is 0. The second-order valence-electron chi connectivity index (χ2n) is 5.72. The van der Waals surface area contributed by atoms with Crippen LogP contribution in [0, 0.1) is 0 Å². The first-order chi connectivity index (χ1) is 10.2. The molecule has 0 radical (unpaired) electrons. The highest BCUT2D eigenvalue weighted by Gasteiger charge is 2.51. The Kier molecular flexibility index (Phi) is 3.64. The van der Waals surface area contributed by atoms with Gasteiger partial charge in [-0.2, -0.15) is 0 Å². The number of hydrogen-bond acceptors (Lipinski definition) is 3. The SMILES string of the molecule is O=CC1=CCC[C@]12CCC(=O)N2[C@@H](CO)c1ccccc1. The minimum Gasteiger partial charge on any atom is -0.394 e. The van der Waals surface area contributed by atoms with E-state index in [1.165, 1.54) is 0 Å². The molecular weight excluding hydrogens is 266 g/mol. The van der Waals surface area contributed by atoms with Crippen LogP contribution in [0.1, 0.15) is 37.3 Å². The van der Waals surface area contributed by atoms with Crippen molar-refractivity contribution in [3.8, 4) is 0 Å². The van der Waals surface area contributed by atoms with Gasteiger partial charge in [-0.15, -0.1) is 0 Å². The molecule has 1 aromatic rings. The smallest absolute Gasteiger partial charge is 0.223 e. The zero-order chi connectivity index (χ0) is 14.9. The van der Waals surface area contributed by atoms with Crippen molar-refractivity contribution in [3.05, 3.63) is 47.5 Å². The van der Waals surface area contributed by atoms with Gasteiger partial charge in [-0.3, -0.25) is 9.59 Å². The molecule has 0 unspecified atom stereocenters. The van der Waals surface area contributed by atoms with E-state index in [1.54, 1.807) is 4.90 Å². The van der Waals surface area contributed by atoms with Gasteiger partial charge >= 0.3 is 0 Å². The average molecular weight is 285 g/mol. The summed E-state index contributed by atoms with van der Waals surface area (Å²) >= 11 is 0. The van der Waals surface area contributed by atoms with Gasteiger partial charge in [-0.25, -0.2) is 0 Å². The third-order valence-electron chi connectivity index (χ3n) is 4.74. The molecule has 1 amide bonds. The highest BCUT2D eigenvalue weighted by molar-refractivity contribution is 5.87. The second kappa shape index (κ2) is 5.45. The van der Waals surface area contributed by atoms with Crippen LogP contribution in [-0.4, -0.2) is 34.3 Å². The largest absolute Gasteiger partial charge is 0.394 e. The predicted molar refractivity (Wildman–Crippen MR) is 78.5 cm³/mol. The molecule has 0 bridgehead atoms. The van der Waals surface area contributed by atoms with Crippen LogP contribution in [0.4, 0.5) is 0 Å². The van der Waals surface area contributed by atoms with E-state index in [-0.39, 0.29) is 18.6 Å². The highest BCUT2D eigenvalue weighted by Crippen LogP contribution is 2.47. The number of aldehydes is 1. The highest BCUT2D eigenvalue weighted by atomic mass is 16.3. The van der Waals surface area contributed by atoms with Crippen LogP contribution in [0.2, 0.25) is 0 Å². The Labute approximate surface area is 124 Å². The van der Waals surface area contributed by atoms with E-state index in [0.717, 1.165) is 24.7 Å². The van der Waals surface area contributed by atoms with Gasteiger partial charge in [-0.05, 0) is 24.8 Å². The van der Waals surface area contributed by atoms with Gasteiger partial charge in [0.1, 0.15) is 6.29 Å². The second-order valence-corrected chi connectivity index (χ2v) is 5.72. The van der Waals surface area contributed by atoms with Gasteiger partial charge in [0.25, 0.3) is 0 Å². The normalized spacial score (nSPS) is 26.2. The maximum absolute atomic E-state index is 12.4. The summed E-state index contributed by atoms with van der Waals surface area (Å²) in [5, 5.41) is 9.86. The summed E-state index contributed by atoms with van der Waals surface area (Å²) in [5.41, 5.74) is 1.09. The number of benzene rings is 1. The molecule has 21 heavy (non-hydrogen) atoms. The fourth-order valence-corrected chi connectivity index (χ4v) is 3.76. The van der Waals surface area contributed by atoms with Crippen LogP contribution in [0.25, 0.3) is 0 Å². The molecule has 1 aromatic carbocycles. The Balaban J connectivity index is 2.03. The molecule has 3 rings (SSSR count). The van der Waals surface area contributed by atoms with Gasteiger partial charge in [0, 0.05) is 12.0 Å². The number of carbonyl (C=O) groups excluding carboxylic acids is 2. The molecule has 1 aliphatic carbocycles. The molecule has 1 aliphatic heterocycles. The summed E-state index contributed by atoms with van der Waals surface area (Å²) in [6, 6.07) is 9.15. The molecule has 4 nitrogen and oxygen atoms in total. The molecule has 1 spiro atoms. The molecule has 1 fully saturated rings. The van der Waals surface area contributed by atoms with Crippen LogP contribution in [0.15, 0.2) is 42.0 Å². The Hall–Kier alpha value is -1.94.